The van der Waals surface area contributed by atoms with E-state index in [9.17, 15) is 5.11 Å². The van der Waals surface area contributed by atoms with Gasteiger partial charge in [0.2, 0.25) is 0 Å². The summed E-state index contributed by atoms with van der Waals surface area (Å²) in [4.78, 5) is 0. The summed E-state index contributed by atoms with van der Waals surface area (Å²) >= 11 is 0. The van der Waals surface area contributed by atoms with E-state index >= 15 is 0 Å². The molecule has 1 nitrogen and oxygen atoms in total. The van der Waals surface area contributed by atoms with Crippen LogP contribution in [0.1, 0.15) is 33.1 Å². The van der Waals surface area contributed by atoms with Crippen molar-refractivity contribution in [3.63, 3.8) is 0 Å². The molecule has 0 amide bonds. The molecule has 55 valence electrons. The van der Waals surface area contributed by atoms with E-state index in [0.717, 1.165) is 0 Å². The number of rotatable bonds is 0. The minimum atomic E-state index is -0.0289. The molecule has 2 heteroatoms. The third kappa shape index (κ3) is 2.92. The third-order valence-corrected chi connectivity index (χ3v) is 2.48. The molecule has 0 heterocycles. The average molecular weight is 167 g/mol. The number of hydrogen-bond donors (Lipinski definition) is 1. The molecule has 10 heavy (non-hydrogen) atoms. The summed E-state index contributed by atoms with van der Waals surface area (Å²) in [6.07, 6.45) is 3.70. The van der Waals surface area contributed by atoms with Crippen molar-refractivity contribution in [3.05, 3.63) is 0 Å². The Morgan fingerprint density at radius 3 is 1.80 bits per heavy atom. The minimum Gasteiger partial charge on any atom is -0.393 e. The zero-order chi connectivity index (χ0) is 6.85. The van der Waals surface area contributed by atoms with Gasteiger partial charge in [-0.2, -0.15) is 0 Å². The Balaban J connectivity index is 0.000000810. The van der Waals surface area contributed by atoms with E-state index < -0.39 is 0 Å². The Morgan fingerprint density at radius 2 is 1.50 bits per heavy atom. The van der Waals surface area contributed by atoms with Crippen LogP contribution in [-0.2, 0) is 0 Å². The third-order valence-electron chi connectivity index (χ3n) is 2.48. The van der Waals surface area contributed by atoms with Gasteiger partial charge in [-0.05, 0) is 24.7 Å². The molecule has 0 aromatic rings. The summed E-state index contributed by atoms with van der Waals surface area (Å²) in [7, 11) is 0. The van der Waals surface area contributed by atoms with Gasteiger partial charge in [0.1, 0.15) is 0 Å². The van der Waals surface area contributed by atoms with Crippen molar-refractivity contribution in [1.29, 1.82) is 0 Å². The molecule has 0 aromatic carbocycles. The molecule has 1 rings (SSSR count). The van der Waals surface area contributed by atoms with Gasteiger partial charge in [0.15, 0.2) is 0 Å². The van der Waals surface area contributed by atoms with E-state index in [2.05, 4.69) is 13.8 Å². The Morgan fingerprint density at radius 1 is 1.10 bits per heavy atom. The van der Waals surface area contributed by atoms with E-state index in [1.165, 1.54) is 19.3 Å². The maximum atomic E-state index is 9.45. The van der Waals surface area contributed by atoms with Crippen molar-refractivity contribution >= 4 is 51.4 Å². The van der Waals surface area contributed by atoms with E-state index in [1.54, 1.807) is 0 Å². The van der Waals surface area contributed by atoms with Crippen LogP contribution in [0.25, 0.3) is 0 Å². The first-order chi connectivity index (χ1) is 4.22. The summed E-state index contributed by atoms with van der Waals surface area (Å²) in [5, 5.41) is 9.45. The van der Waals surface area contributed by atoms with Crippen LogP contribution in [-0.4, -0.2) is 62.6 Å². The first kappa shape index (κ1) is 11.6. The average Bonchev–Trinajstić information content (AvgIpc) is 1.83. The van der Waals surface area contributed by atoms with Crippen molar-refractivity contribution in [3.8, 4) is 0 Å². The quantitative estimate of drug-likeness (QED) is 0.541. The van der Waals surface area contributed by atoms with Gasteiger partial charge in [0.25, 0.3) is 0 Å². The Hall–Kier alpha value is 1.60. The largest absolute Gasteiger partial charge is 0.393 e. The fourth-order valence-corrected chi connectivity index (χ4v) is 1.66. The van der Waals surface area contributed by atoms with E-state index in [4.69, 9.17) is 0 Å². The molecule has 1 fully saturated rings. The standard InChI is InChI=1S/C8H16O.K/c1-6-4-3-5-7(2)8(6)9;/h6-9H,3-5H2,1-2H3;. The van der Waals surface area contributed by atoms with Crippen LogP contribution in [0.15, 0.2) is 0 Å². The molecule has 0 spiro atoms. The van der Waals surface area contributed by atoms with Gasteiger partial charge in [-0.3, -0.25) is 0 Å². The van der Waals surface area contributed by atoms with E-state index in [1.807, 2.05) is 0 Å². The molecule has 2 atom stereocenters. The van der Waals surface area contributed by atoms with Crippen molar-refractivity contribution in [2.45, 2.75) is 39.2 Å². The smallest absolute Gasteiger partial charge is 0.0591 e. The maximum absolute atomic E-state index is 9.45. The van der Waals surface area contributed by atoms with Crippen LogP contribution in [0.3, 0.4) is 0 Å². The molecule has 1 saturated carbocycles. The predicted octanol–water partition coefficient (Wildman–Crippen LogP) is 1.42. The van der Waals surface area contributed by atoms with E-state index in [-0.39, 0.29) is 57.5 Å². The zero-order valence-electron chi connectivity index (χ0n) is 7.30. The second-order valence-corrected chi connectivity index (χ2v) is 3.38. The van der Waals surface area contributed by atoms with Crippen LogP contribution in [0.5, 0.6) is 0 Å². The van der Waals surface area contributed by atoms with Gasteiger partial charge < -0.3 is 5.11 Å². The van der Waals surface area contributed by atoms with Gasteiger partial charge in [-0.1, -0.05) is 20.3 Å². The van der Waals surface area contributed by atoms with Crippen molar-refractivity contribution in [2.24, 2.45) is 11.8 Å². The first-order valence-corrected chi connectivity index (χ1v) is 3.90. The van der Waals surface area contributed by atoms with Crippen LogP contribution in [0, 0.1) is 11.8 Å². The first-order valence-electron chi connectivity index (χ1n) is 3.90. The van der Waals surface area contributed by atoms with Gasteiger partial charge >= 0.3 is 0 Å². The number of aliphatic hydroxyl groups excluding tert-OH is 1. The topological polar surface area (TPSA) is 20.2 Å². The fraction of sp³-hybridized carbons (Fsp3) is 1.00. The Kier molecular flexibility index (Phi) is 6.12. The van der Waals surface area contributed by atoms with Gasteiger partial charge in [-0.25, -0.2) is 0 Å². The second kappa shape index (κ2) is 5.28. The molecule has 0 aromatic heterocycles. The molecular formula is C8H16KO. The summed E-state index contributed by atoms with van der Waals surface area (Å²) in [5.74, 6) is 1.07. The molecule has 1 N–H and O–H groups in total. The van der Waals surface area contributed by atoms with E-state index in [0.29, 0.717) is 11.8 Å². The van der Waals surface area contributed by atoms with Gasteiger partial charge in [0.05, 0.1) is 6.10 Å². The maximum Gasteiger partial charge on any atom is 0.0591 e. The molecule has 1 aliphatic carbocycles. The van der Waals surface area contributed by atoms with Crippen LogP contribution < -0.4 is 0 Å². The fourth-order valence-electron chi connectivity index (χ4n) is 1.66. The zero-order valence-corrected chi connectivity index (χ0v) is 10.4. The van der Waals surface area contributed by atoms with Crippen molar-refractivity contribution in [1.82, 2.24) is 0 Å². The summed E-state index contributed by atoms with van der Waals surface area (Å²) in [5.41, 5.74) is 0. The second-order valence-electron chi connectivity index (χ2n) is 3.38. The van der Waals surface area contributed by atoms with Crippen LogP contribution in [0.4, 0.5) is 0 Å². The van der Waals surface area contributed by atoms with Crippen molar-refractivity contribution in [2.75, 3.05) is 0 Å². The number of aliphatic hydroxyl groups is 1. The predicted molar refractivity (Wildman–Crippen MR) is 43.9 cm³/mol. The van der Waals surface area contributed by atoms with Gasteiger partial charge in [-0.15, -0.1) is 0 Å². The Labute approximate surface area is 106 Å². The summed E-state index contributed by atoms with van der Waals surface area (Å²) in [6.45, 7) is 4.28. The van der Waals surface area contributed by atoms with Gasteiger partial charge in [0, 0.05) is 51.4 Å². The SMILES string of the molecule is CC1CCCC(C)C1O.[K]. The molecule has 2 unspecified atom stereocenters. The minimum absolute atomic E-state index is 0. The molecule has 1 aliphatic rings. The van der Waals surface area contributed by atoms with Crippen LogP contribution in [0.2, 0.25) is 0 Å². The molecule has 0 saturated heterocycles. The normalized spacial score (nSPS) is 40.5. The summed E-state index contributed by atoms with van der Waals surface area (Å²) in [6, 6.07) is 0. The van der Waals surface area contributed by atoms with Crippen molar-refractivity contribution < 1.29 is 5.11 Å². The molecule has 1 radical (unpaired) electrons. The molecule has 0 aliphatic heterocycles. The number of hydrogen-bond acceptors (Lipinski definition) is 1. The molecular weight excluding hydrogens is 151 g/mol. The Bertz CT molecular complexity index is 85.3. The monoisotopic (exact) mass is 167 g/mol. The molecule has 0 bridgehead atoms. The summed E-state index contributed by atoms with van der Waals surface area (Å²) < 4.78 is 0. The van der Waals surface area contributed by atoms with Crippen LogP contribution >= 0.6 is 0 Å².